The van der Waals surface area contributed by atoms with Crippen molar-refractivity contribution in [3.63, 3.8) is 0 Å². The second-order valence-corrected chi connectivity index (χ2v) is 7.88. The van der Waals surface area contributed by atoms with Crippen molar-refractivity contribution in [3.8, 4) is 0 Å². The summed E-state index contributed by atoms with van der Waals surface area (Å²) in [5, 5.41) is 7.03. The average Bonchev–Trinajstić information content (AvgIpc) is 3.15. The zero-order valence-electron chi connectivity index (χ0n) is 16.2. The van der Waals surface area contributed by atoms with Gasteiger partial charge in [0.05, 0.1) is 6.54 Å². The number of nitrogens with zero attached hydrogens (tertiary/aromatic N) is 4. The quantitative estimate of drug-likeness (QED) is 0.800. The molecule has 1 aliphatic carbocycles. The molecule has 1 aromatic heterocycles. The van der Waals surface area contributed by atoms with Gasteiger partial charge in [-0.3, -0.25) is 9.69 Å². The molecular formula is C19H33N5O2. The topological polar surface area (TPSA) is 74.5 Å². The molecule has 1 aromatic rings. The minimum atomic E-state index is 0.0587. The van der Waals surface area contributed by atoms with E-state index in [1.54, 1.807) is 0 Å². The Hall–Kier alpha value is -1.47. The van der Waals surface area contributed by atoms with Crippen LogP contribution in [0.3, 0.4) is 0 Å². The van der Waals surface area contributed by atoms with Crippen LogP contribution in [0.15, 0.2) is 4.52 Å². The molecule has 3 rings (SSSR count). The van der Waals surface area contributed by atoms with Crippen molar-refractivity contribution < 1.29 is 9.32 Å². The summed E-state index contributed by atoms with van der Waals surface area (Å²) in [6.45, 7) is 6.94. The lowest BCUT2D eigenvalue weighted by Gasteiger charge is -2.36. The van der Waals surface area contributed by atoms with Crippen LogP contribution in [-0.4, -0.2) is 65.1 Å². The molecule has 0 unspecified atom stereocenters. The first-order chi connectivity index (χ1) is 12.6. The van der Waals surface area contributed by atoms with Gasteiger partial charge in [-0.15, -0.1) is 0 Å². The van der Waals surface area contributed by atoms with E-state index in [1.807, 2.05) is 0 Å². The molecule has 0 bridgehead atoms. The number of likely N-dealkylation sites (N-methyl/N-ethyl adjacent to an activating group) is 1. The van der Waals surface area contributed by atoms with Gasteiger partial charge < -0.3 is 14.7 Å². The number of nitrogens with one attached hydrogen (secondary N) is 1. The maximum absolute atomic E-state index is 12.1. The van der Waals surface area contributed by atoms with Crippen molar-refractivity contribution in [2.45, 2.75) is 70.4 Å². The minimum absolute atomic E-state index is 0.0587. The summed E-state index contributed by atoms with van der Waals surface area (Å²) in [5.41, 5.74) is 0. The molecule has 1 saturated carbocycles. The van der Waals surface area contributed by atoms with Crippen LogP contribution in [-0.2, 0) is 11.3 Å². The molecule has 146 valence electrons. The Kier molecular flexibility index (Phi) is 7.02. The van der Waals surface area contributed by atoms with Gasteiger partial charge in [0.2, 0.25) is 11.8 Å². The fourth-order valence-electron chi connectivity index (χ4n) is 3.91. The van der Waals surface area contributed by atoms with Gasteiger partial charge in [-0.2, -0.15) is 4.98 Å². The van der Waals surface area contributed by atoms with Crippen LogP contribution < -0.4 is 5.32 Å². The van der Waals surface area contributed by atoms with Crippen molar-refractivity contribution in [3.05, 3.63) is 11.7 Å². The molecule has 26 heavy (non-hydrogen) atoms. The summed E-state index contributed by atoms with van der Waals surface area (Å²) in [6, 6.07) is 0.441. The van der Waals surface area contributed by atoms with Crippen LogP contribution in [0.1, 0.15) is 69.5 Å². The Bertz CT molecular complexity index is 562. The summed E-state index contributed by atoms with van der Waals surface area (Å²) in [6.07, 6.45) is 7.52. The Morgan fingerprint density at radius 1 is 1.23 bits per heavy atom. The first-order valence-electron chi connectivity index (χ1n) is 10.1. The van der Waals surface area contributed by atoms with Crippen LogP contribution in [0.2, 0.25) is 0 Å². The molecule has 7 nitrogen and oxygen atoms in total. The highest BCUT2D eigenvalue weighted by Crippen LogP contribution is 2.30. The van der Waals surface area contributed by atoms with Crippen molar-refractivity contribution >= 4 is 5.91 Å². The molecule has 0 spiro atoms. The van der Waals surface area contributed by atoms with Gasteiger partial charge in [-0.25, -0.2) is 0 Å². The highest BCUT2D eigenvalue weighted by atomic mass is 16.5. The van der Waals surface area contributed by atoms with Crippen molar-refractivity contribution in [2.24, 2.45) is 0 Å². The Morgan fingerprint density at radius 2 is 1.96 bits per heavy atom. The van der Waals surface area contributed by atoms with E-state index in [0.29, 0.717) is 30.8 Å². The number of hydrogen-bond acceptors (Lipinski definition) is 6. The van der Waals surface area contributed by atoms with Gasteiger partial charge in [-0.1, -0.05) is 24.4 Å². The smallest absolute Gasteiger partial charge is 0.246 e. The first kappa shape index (κ1) is 19.3. The van der Waals surface area contributed by atoms with Crippen LogP contribution in [0.5, 0.6) is 0 Å². The van der Waals surface area contributed by atoms with E-state index in [1.165, 1.54) is 19.3 Å². The highest BCUT2D eigenvalue weighted by Gasteiger charge is 2.22. The van der Waals surface area contributed by atoms with E-state index in [2.05, 4.69) is 39.2 Å². The summed E-state index contributed by atoms with van der Waals surface area (Å²) >= 11 is 0. The first-order valence-corrected chi connectivity index (χ1v) is 10.1. The Morgan fingerprint density at radius 3 is 2.69 bits per heavy atom. The third kappa shape index (κ3) is 5.51. The third-order valence-electron chi connectivity index (χ3n) is 5.84. The van der Waals surface area contributed by atoms with E-state index < -0.39 is 0 Å². The molecule has 1 N–H and O–H groups in total. The predicted molar refractivity (Wildman–Crippen MR) is 99.7 cm³/mol. The van der Waals surface area contributed by atoms with Crippen LogP contribution in [0, 0.1) is 0 Å². The fraction of sp³-hybridized carbons (Fsp3) is 0.842. The van der Waals surface area contributed by atoms with E-state index in [-0.39, 0.29) is 5.91 Å². The van der Waals surface area contributed by atoms with Gasteiger partial charge in [0.15, 0.2) is 5.82 Å². The zero-order valence-corrected chi connectivity index (χ0v) is 16.2. The highest BCUT2D eigenvalue weighted by molar-refractivity contribution is 5.75. The molecule has 0 radical (unpaired) electrons. The van der Waals surface area contributed by atoms with Crippen molar-refractivity contribution in [2.75, 3.05) is 33.2 Å². The molecule has 2 aliphatic rings. The number of aromatic nitrogens is 2. The molecule has 1 aliphatic heterocycles. The van der Waals surface area contributed by atoms with E-state index in [0.717, 1.165) is 51.3 Å². The zero-order chi connectivity index (χ0) is 18.4. The normalized spacial score (nSPS) is 21.6. The standard InChI is InChI=1S/C19H33N5O2/c1-15(24-12-10-23(2)11-13-24)8-9-17(25)20-14-18-21-19(22-26-18)16-6-4-3-5-7-16/h15-16H,3-14H2,1-2H3,(H,20,25)/t15-/m1/s1. The van der Waals surface area contributed by atoms with Crippen LogP contribution in [0.4, 0.5) is 0 Å². The lowest BCUT2D eigenvalue weighted by molar-refractivity contribution is -0.121. The molecule has 1 saturated heterocycles. The van der Waals surface area contributed by atoms with Gasteiger partial charge in [0.25, 0.3) is 0 Å². The van der Waals surface area contributed by atoms with E-state index in [9.17, 15) is 4.79 Å². The maximum Gasteiger partial charge on any atom is 0.246 e. The largest absolute Gasteiger partial charge is 0.347 e. The summed E-state index contributed by atoms with van der Waals surface area (Å²) in [5.74, 6) is 1.83. The van der Waals surface area contributed by atoms with Gasteiger partial charge in [-0.05, 0) is 33.2 Å². The van der Waals surface area contributed by atoms with Gasteiger partial charge in [0.1, 0.15) is 0 Å². The van der Waals surface area contributed by atoms with Crippen LogP contribution >= 0.6 is 0 Å². The minimum Gasteiger partial charge on any atom is -0.347 e. The second kappa shape index (κ2) is 9.46. The molecule has 0 aromatic carbocycles. The lowest BCUT2D eigenvalue weighted by Crippen LogP contribution is -2.48. The number of hydrogen-bond donors (Lipinski definition) is 1. The second-order valence-electron chi connectivity index (χ2n) is 7.88. The number of carbonyl (C=O) groups excluding carboxylic acids is 1. The molecular weight excluding hydrogens is 330 g/mol. The van der Waals surface area contributed by atoms with E-state index >= 15 is 0 Å². The number of carbonyl (C=O) groups is 1. The monoisotopic (exact) mass is 363 g/mol. The molecule has 1 atom stereocenters. The summed E-state index contributed by atoms with van der Waals surface area (Å²) < 4.78 is 5.31. The molecule has 2 fully saturated rings. The number of rotatable bonds is 7. The predicted octanol–water partition coefficient (Wildman–Crippen LogP) is 2.15. The fourth-order valence-corrected chi connectivity index (χ4v) is 3.91. The summed E-state index contributed by atoms with van der Waals surface area (Å²) in [4.78, 5) is 21.4. The Balaban J connectivity index is 1.35. The molecule has 2 heterocycles. The van der Waals surface area contributed by atoms with E-state index in [4.69, 9.17) is 4.52 Å². The van der Waals surface area contributed by atoms with Gasteiger partial charge >= 0.3 is 0 Å². The van der Waals surface area contributed by atoms with Crippen molar-refractivity contribution in [1.82, 2.24) is 25.3 Å². The van der Waals surface area contributed by atoms with Crippen molar-refractivity contribution in [1.29, 1.82) is 0 Å². The number of piperazine rings is 1. The van der Waals surface area contributed by atoms with Gasteiger partial charge in [0, 0.05) is 44.6 Å². The molecule has 7 heteroatoms. The SMILES string of the molecule is C[C@H](CCC(=O)NCc1nc(C2CCCCC2)no1)N1CCN(C)CC1. The summed E-state index contributed by atoms with van der Waals surface area (Å²) in [7, 11) is 2.16. The Labute approximate surface area is 156 Å². The third-order valence-corrected chi connectivity index (χ3v) is 5.84. The average molecular weight is 364 g/mol. The lowest BCUT2D eigenvalue weighted by atomic mass is 9.89. The maximum atomic E-state index is 12.1. The number of amides is 1. The molecule has 1 amide bonds. The van der Waals surface area contributed by atoms with Crippen LogP contribution in [0.25, 0.3) is 0 Å².